The number of aromatic amines is 1. The lowest BCUT2D eigenvalue weighted by Crippen LogP contribution is -2.29. The highest BCUT2D eigenvalue weighted by Crippen LogP contribution is 2.21. The number of aromatic nitrogens is 2. The number of imidazole rings is 1. The second kappa shape index (κ2) is 4.34. The molecule has 0 spiro atoms. The van der Waals surface area contributed by atoms with Crippen molar-refractivity contribution in [1.29, 1.82) is 0 Å². The zero-order valence-electron chi connectivity index (χ0n) is 10.0. The fourth-order valence-corrected chi connectivity index (χ4v) is 2.52. The summed E-state index contributed by atoms with van der Waals surface area (Å²) in [5.41, 5.74) is 4.15. The van der Waals surface area contributed by atoms with E-state index in [9.17, 15) is 0 Å². The predicted octanol–water partition coefficient (Wildman–Crippen LogP) is 1.98. The molecule has 0 aliphatic heterocycles. The molecule has 3 heteroatoms. The highest BCUT2D eigenvalue weighted by Gasteiger charge is 2.20. The van der Waals surface area contributed by atoms with E-state index in [1.54, 1.807) is 0 Å². The van der Waals surface area contributed by atoms with Gasteiger partial charge >= 0.3 is 0 Å². The summed E-state index contributed by atoms with van der Waals surface area (Å²) in [5, 5.41) is 3.59. The number of H-pyrrole nitrogens is 1. The van der Waals surface area contributed by atoms with Crippen molar-refractivity contribution in [3.8, 4) is 0 Å². The van der Waals surface area contributed by atoms with Crippen molar-refractivity contribution in [1.82, 2.24) is 15.3 Å². The Balaban J connectivity index is 1.59. The topological polar surface area (TPSA) is 40.7 Å². The van der Waals surface area contributed by atoms with Crippen LogP contribution in [0.1, 0.15) is 22.6 Å². The fourth-order valence-electron chi connectivity index (χ4n) is 2.52. The molecule has 1 aromatic carbocycles. The maximum atomic E-state index is 4.21. The van der Waals surface area contributed by atoms with Crippen molar-refractivity contribution in [3.63, 3.8) is 0 Å². The Labute approximate surface area is 101 Å². The molecule has 0 saturated heterocycles. The first-order valence-corrected chi connectivity index (χ1v) is 6.12. The molecule has 0 radical (unpaired) electrons. The summed E-state index contributed by atoms with van der Waals surface area (Å²) in [6, 6.07) is 9.28. The van der Waals surface area contributed by atoms with Crippen LogP contribution in [0.2, 0.25) is 0 Å². The van der Waals surface area contributed by atoms with E-state index in [2.05, 4.69) is 39.6 Å². The lowest BCUT2D eigenvalue weighted by atomic mass is 10.1. The molecule has 1 heterocycles. The molecule has 88 valence electrons. The quantitative estimate of drug-likeness (QED) is 0.841. The van der Waals surface area contributed by atoms with Gasteiger partial charge in [0.05, 0.1) is 0 Å². The van der Waals surface area contributed by atoms with Gasteiger partial charge in [-0.05, 0) is 30.9 Å². The molecule has 2 N–H and O–H groups in total. The molecule has 1 aliphatic rings. The number of nitrogens with zero attached hydrogens (tertiary/aromatic N) is 1. The number of hydrogen-bond donors (Lipinski definition) is 2. The van der Waals surface area contributed by atoms with Crippen LogP contribution in [0.3, 0.4) is 0 Å². The Bertz CT molecular complexity index is 491. The van der Waals surface area contributed by atoms with Crippen molar-refractivity contribution in [3.05, 3.63) is 53.1 Å². The predicted molar refractivity (Wildman–Crippen MR) is 67.8 cm³/mol. The normalized spacial score (nSPS) is 15.1. The fraction of sp³-hybridized carbons (Fsp3) is 0.357. The highest BCUT2D eigenvalue weighted by atomic mass is 15.0. The number of fused-ring (bicyclic) bond motifs is 1. The summed E-state index contributed by atoms with van der Waals surface area (Å²) < 4.78 is 0. The number of rotatable bonds is 3. The Morgan fingerprint density at radius 3 is 2.59 bits per heavy atom. The van der Waals surface area contributed by atoms with Crippen LogP contribution >= 0.6 is 0 Å². The lowest BCUT2D eigenvalue weighted by molar-refractivity contribution is 0.528. The van der Waals surface area contributed by atoms with Gasteiger partial charge in [-0.3, -0.25) is 0 Å². The van der Waals surface area contributed by atoms with Crippen molar-refractivity contribution < 1.29 is 0 Å². The third kappa shape index (κ3) is 2.24. The molecule has 0 bridgehead atoms. The lowest BCUT2D eigenvalue weighted by Gasteiger charge is -2.10. The van der Waals surface area contributed by atoms with E-state index in [0.717, 1.165) is 25.2 Å². The van der Waals surface area contributed by atoms with Crippen molar-refractivity contribution in [2.24, 2.45) is 0 Å². The van der Waals surface area contributed by atoms with Gasteiger partial charge in [0.1, 0.15) is 5.82 Å². The van der Waals surface area contributed by atoms with E-state index in [1.165, 1.54) is 16.8 Å². The highest BCUT2D eigenvalue weighted by molar-refractivity contribution is 5.33. The molecule has 17 heavy (non-hydrogen) atoms. The van der Waals surface area contributed by atoms with Gasteiger partial charge < -0.3 is 10.3 Å². The van der Waals surface area contributed by atoms with E-state index in [1.807, 2.05) is 13.1 Å². The van der Waals surface area contributed by atoms with E-state index >= 15 is 0 Å². The minimum absolute atomic E-state index is 0.566. The molecule has 0 atom stereocenters. The Kier molecular flexibility index (Phi) is 2.69. The van der Waals surface area contributed by atoms with Crippen molar-refractivity contribution in [2.75, 3.05) is 0 Å². The second-order valence-electron chi connectivity index (χ2n) is 4.75. The molecule has 2 aromatic rings. The van der Waals surface area contributed by atoms with E-state index in [-0.39, 0.29) is 0 Å². The molecule has 1 aliphatic carbocycles. The van der Waals surface area contributed by atoms with Crippen molar-refractivity contribution in [2.45, 2.75) is 32.4 Å². The zero-order valence-corrected chi connectivity index (χ0v) is 10.0. The summed E-state index contributed by atoms with van der Waals surface area (Å²) in [4.78, 5) is 7.45. The Morgan fingerprint density at radius 1 is 1.29 bits per heavy atom. The summed E-state index contributed by atoms with van der Waals surface area (Å²) in [6.45, 7) is 2.86. The van der Waals surface area contributed by atoms with Crippen LogP contribution in [0.4, 0.5) is 0 Å². The third-order valence-corrected chi connectivity index (χ3v) is 3.39. The van der Waals surface area contributed by atoms with E-state index < -0.39 is 0 Å². The van der Waals surface area contributed by atoms with E-state index in [0.29, 0.717) is 6.04 Å². The maximum absolute atomic E-state index is 4.21. The first kappa shape index (κ1) is 10.5. The summed E-state index contributed by atoms with van der Waals surface area (Å²) >= 11 is 0. The molecule has 0 fully saturated rings. The molecule has 1 aromatic heterocycles. The molecule has 0 unspecified atom stereocenters. The van der Waals surface area contributed by atoms with Crippen LogP contribution in [0.25, 0.3) is 0 Å². The van der Waals surface area contributed by atoms with Gasteiger partial charge in [-0.1, -0.05) is 24.3 Å². The van der Waals surface area contributed by atoms with Crippen LogP contribution in [-0.2, 0) is 19.4 Å². The smallest absolute Gasteiger partial charge is 0.103 e. The van der Waals surface area contributed by atoms with Crippen LogP contribution < -0.4 is 5.32 Å². The standard InChI is InChI=1S/C14H17N3/c1-10-15-8-14(17-10)9-16-13-6-11-4-2-3-5-12(11)7-13/h2-5,8,13,16H,6-7,9H2,1H3,(H,15,17). The Morgan fingerprint density at radius 2 is 2.00 bits per heavy atom. The van der Waals surface area contributed by atoms with Crippen LogP contribution in [-0.4, -0.2) is 16.0 Å². The molecule has 3 rings (SSSR count). The monoisotopic (exact) mass is 227 g/mol. The van der Waals surface area contributed by atoms with Crippen LogP contribution in [0.15, 0.2) is 30.5 Å². The van der Waals surface area contributed by atoms with E-state index in [4.69, 9.17) is 0 Å². The number of aryl methyl sites for hydroxylation is 1. The first-order chi connectivity index (χ1) is 8.31. The zero-order chi connectivity index (χ0) is 11.7. The average molecular weight is 227 g/mol. The number of nitrogens with one attached hydrogen (secondary N) is 2. The molecule has 0 saturated carbocycles. The summed E-state index contributed by atoms with van der Waals surface area (Å²) in [6.07, 6.45) is 4.19. The summed E-state index contributed by atoms with van der Waals surface area (Å²) in [5.74, 6) is 0.983. The molecular weight excluding hydrogens is 210 g/mol. The molecular formula is C14H17N3. The molecule has 3 nitrogen and oxygen atoms in total. The first-order valence-electron chi connectivity index (χ1n) is 6.12. The largest absolute Gasteiger partial charge is 0.345 e. The van der Waals surface area contributed by atoms with Crippen LogP contribution in [0.5, 0.6) is 0 Å². The average Bonchev–Trinajstić information content (AvgIpc) is 2.91. The van der Waals surface area contributed by atoms with Crippen LogP contribution in [0, 0.1) is 6.92 Å². The van der Waals surface area contributed by atoms with Gasteiger partial charge in [0, 0.05) is 24.5 Å². The van der Waals surface area contributed by atoms with Gasteiger partial charge in [0.15, 0.2) is 0 Å². The summed E-state index contributed by atoms with van der Waals surface area (Å²) in [7, 11) is 0. The molecule has 0 amide bonds. The van der Waals surface area contributed by atoms with Crippen molar-refractivity contribution >= 4 is 0 Å². The minimum atomic E-state index is 0.566. The van der Waals surface area contributed by atoms with Gasteiger partial charge in [0.2, 0.25) is 0 Å². The SMILES string of the molecule is Cc1ncc(CNC2Cc3ccccc3C2)[nH]1. The van der Waals surface area contributed by atoms with Gasteiger partial charge in [-0.15, -0.1) is 0 Å². The number of hydrogen-bond acceptors (Lipinski definition) is 2. The van der Waals surface area contributed by atoms with Gasteiger partial charge in [-0.25, -0.2) is 4.98 Å². The third-order valence-electron chi connectivity index (χ3n) is 3.39. The van der Waals surface area contributed by atoms with Gasteiger partial charge in [0.25, 0.3) is 0 Å². The maximum Gasteiger partial charge on any atom is 0.103 e. The van der Waals surface area contributed by atoms with Gasteiger partial charge in [-0.2, -0.15) is 0 Å². The number of benzene rings is 1. The second-order valence-corrected chi connectivity index (χ2v) is 4.75. The Hall–Kier alpha value is -1.61. The minimum Gasteiger partial charge on any atom is -0.345 e.